The number of pyridine rings is 2. The zero-order valence-corrected chi connectivity index (χ0v) is 18.6. The average Bonchev–Trinajstić information content (AvgIpc) is 3.18. The van der Waals surface area contributed by atoms with Crippen molar-refractivity contribution in [3.05, 3.63) is 99.2 Å². The van der Waals surface area contributed by atoms with Gasteiger partial charge in [0.2, 0.25) is 0 Å². The maximum atomic E-state index is 14.5. The van der Waals surface area contributed by atoms with E-state index in [0.29, 0.717) is 16.8 Å². The Morgan fingerprint density at radius 2 is 1.85 bits per heavy atom. The number of aryl methyl sites for hydroxylation is 1. The van der Waals surface area contributed by atoms with Crippen LogP contribution in [0.1, 0.15) is 46.4 Å². The monoisotopic (exact) mass is 450 g/mol. The van der Waals surface area contributed by atoms with E-state index < -0.39 is 28.9 Å². The van der Waals surface area contributed by atoms with Gasteiger partial charge in [-0.2, -0.15) is 5.10 Å². The van der Waals surface area contributed by atoms with Crippen molar-refractivity contribution in [3.63, 3.8) is 0 Å². The number of anilines is 1. The molecule has 0 spiro atoms. The van der Waals surface area contributed by atoms with E-state index in [4.69, 9.17) is 0 Å². The summed E-state index contributed by atoms with van der Waals surface area (Å²) in [6.07, 6.45) is 3.68. The highest BCUT2D eigenvalue weighted by Crippen LogP contribution is 2.30. The van der Waals surface area contributed by atoms with Crippen molar-refractivity contribution in [1.29, 1.82) is 0 Å². The van der Waals surface area contributed by atoms with E-state index >= 15 is 0 Å². The standard InChI is InChI=1S/C25H24F2N4O2/c1-4-18(24(32)22-20(26)11-15(2)12-21(22)27)19-8-10-30(25(33)23(19)28-3)14-16-13-17-7-5-6-9-31(17)29-16/h5-13,18,28H,4,14H2,1-3H3. The number of Topliss-reactive ketones (excluding diaryl/α,β-unsaturated/α-hetero) is 1. The molecule has 1 unspecified atom stereocenters. The summed E-state index contributed by atoms with van der Waals surface area (Å²) in [5.41, 5.74) is 1.69. The molecule has 0 aliphatic rings. The third kappa shape index (κ3) is 4.16. The minimum Gasteiger partial charge on any atom is -0.383 e. The largest absolute Gasteiger partial charge is 0.383 e. The molecule has 0 saturated carbocycles. The molecule has 0 saturated heterocycles. The van der Waals surface area contributed by atoms with Gasteiger partial charge in [0.15, 0.2) is 5.78 Å². The Hall–Kier alpha value is -3.81. The van der Waals surface area contributed by atoms with Crippen LogP contribution in [0.25, 0.3) is 5.52 Å². The van der Waals surface area contributed by atoms with Crippen molar-refractivity contribution >= 4 is 17.0 Å². The number of hydrogen-bond donors (Lipinski definition) is 1. The van der Waals surface area contributed by atoms with E-state index in [1.54, 1.807) is 37.7 Å². The van der Waals surface area contributed by atoms with Gasteiger partial charge in [-0.1, -0.05) is 13.0 Å². The number of carbonyl (C=O) groups excluding carboxylic acids is 1. The predicted molar refractivity (Wildman–Crippen MR) is 123 cm³/mol. The van der Waals surface area contributed by atoms with Crippen LogP contribution in [0.4, 0.5) is 14.5 Å². The van der Waals surface area contributed by atoms with Crippen molar-refractivity contribution in [2.75, 3.05) is 12.4 Å². The molecule has 0 bridgehead atoms. The number of nitrogens with one attached hydrogen (secondary N) is 1. The van der Waals surface area contributed by atoms with Crippen molar-refractivity contribution in [2.45, 2.75) is 32.7 Å². The summed E-state index contributed by atoms with van der Waals surface area (Å²) in [5, 5.41) is 7.35. The van der Waals surface area contributed by atoms with Crippen LogP contribution >= 0.6 is 0 Å². The van der Waals surface area contributed by atoms with Crippen LogP contribution in [0.3, 0.4) is 0 Å². The van der Waals surface area contributed by atoms with Gasteiger partial charge in [-0.3, -0.25) is 9.59 Å². The van der Waals surface area contributed by atoms with Crippen molar-refractivity contribution < 1.29 is 13.6 Å². The van der Waals surface area contributed by atoms with E-state index in [1.807, 2.05) is 30.5 Å². The number of rotatable bonds is 7. The fourth-order valence-electron chi connectivity index (χ4n) is 4.15. The summed E-state index contributed by atoms with van der Waals surface area (Å²) in [6.45, 7) is 3.54. The highest BCUT2D eigenvalue weighted by atomic mass is 19.1. The molecule has 0 aliphatic heterocycles. The van der Waals surface area contributed by atoms with Gasteiger partial charge >= 0.3 is 0 Å². The lowest BCUT2D eigenvalue weighted by Gasteiger charge is -2.19. The number of halogens is 2. The Balaban J connectivity index is 1.72. The van der Waals surface area contributed by atoms with Crippen molar-refractivity contribution in [1.82, 2.24) is 14.2 Å². The number of carbonyl (C=O) groups is 1. The molecule has 4 rings (SSSR count). The molecule has 3 aromatic heterocycles. The van der Waals surface area contributed by atoms with E-state index in [1.165, 1.54) is 4.57 Å². The minimum atomic E-state index is -0.901. The average molecular weight is 450 g/mol. The van der Waals surface area contributed by atoms with Crippen LogP contribution < -0.4 is 10.9 Å². The fourth-order valence-corrected chi connectivity index (χ4v) is 4.15. The molecule has 1 atom stereocenters. The van der Waals surface area contributed by atoms with Crippen LogP contribution in [-0.4, -0.2) is 27.0 Å². The first-order chi connectivity index (χ1) is 15.8. The number of ketones is 1. The SMILES string of the molecule is CCC(C(=O)c1c(F)cc(C)cc1F)c1ccn(Cc2cc3ccccn3n2)c(=O)c1NC. The van der Waals surface area contributed by atoms with E-state index in [9.17, 15) is 18.4 Å². The Morgan fingerprint density at radius 1 is 1.12 bits per heavy atom. The lowest BCUT2D eigenvalue weighted by molar-refractivity contribution is 0.0949. The van der Waals surface area contributed by atoms with Crippen LogP contribution in [-0.2, 0) is 6.54 Å². The molecular weight excluding hydrogens is 426 g/mol. The molecule has 0 aliphatic carbocycles. The molecule has 4 aromatic rings. The van der Waals surface area contributed by atoms with Crippen LogP contribution in [0.5, 0.6) is 0 Å². The lowest BCUT2D eigenvalue weighted by atomic mass is 9.87. The van der Waals surface area contributed by atoms with Gasteiger partial charge in [-0.15, -0.1) is 0 Å². The summed E-state index contributed by atoms with van der Waals surface area (Å²) >= 11 is 0. The third-order valence-corrected chi connectivity index (χ3v) is 5.73. The topological polar surface area (TPSA) is 68.4 Å². The zero-order chi connectivity index (χ0) is 23.7. The maximum absolute atomic E-state index is 14.5. The van der Waals surface area contributed by atoms with Gasteiger partial charge < -0.3 is 9.88 Å². The van der Waals surface area contributed by atoms with E-state index in [0.717, 1.165) is 17.6 Å². The van der Waals surface area contributed by atoms with Gasteiger partial charge in [0, 0.05) is 25.4 Å². The third-order valence-electron chi connectivity index (χ3n) is 5.73. The molecule has 6 nitrogen and oxygen atoms in total. The Morgan fingerprint density at radius 3 is 2.48 bits per heavy atom. The Bertz CT molecular complexity index is 1350. The Labute approximate surface area is 189 Å². The molecular formula is C25H24F2N4O2. The van der Waals surface area contributed by atoms with Gasteiger partial charge in [0.25, 0.3) is 5.56 Å². The molecule has 1 aromatic carbocycles. The van der Waals surface area contributed by atoms with E-state index in [-0.39, 0.29) is 24.2 Å². The first kappa shape index (κ1) is 22.4. The lowest BCUT2D eigenvalue weighted by Crippen LogP contribution is -2.27. The van der Waals surface area contributed by atoms with E-state index in [2.05, 4.69) is 10.4 Å². The van der Waals surface area contributed by atoms with Gasteiger partial charge in [0.05, 0.1) is 23.3 Å². The smallest absolute Gasteiger partial charge is 0.274 e. The molecule has 1 N–H and O–H groups in total. The summed E-state index contributed by atoms with van der Waals surface area (Å²) in [5.74, 6) is -3.37. The highest BCUT2D eigenvalue weighted by Gasteiger charge is 2.29. The van der Waals surface area contributed by atoms with Gasteiger partial charge in [-0.25, -0.2) is 13.3 Å². The van der Waals surface area contributed by atoms with Crippen molar-refractivity contribution in [2.24, 2.45) is 0 Å². The van der Waals surface area contributed by atoms with Crippen LogP contribution in [0.15, 0.2) is 59.7 Å². The van der Waals surface area contributed by atoms with Crippen LogP contribution in [0, 0.1) is 18.6 Å². The quantitative estimate of drug-likeness (QED) is 0.420. The molecule has 0 amide bonds. The van der Waals surface area contributed by atoms with Gasteiger partial charge in [0.1, 0.15) is 17.3 Å². The van der Waals surface area contributed by atoms with Crippen LogP contribution in [0.2, 0.25) is 0 Å². The first-order valence-electron chi connectivity index (χ1n) is 10.7. The molecule has 170 valence electrons. The number of nitrogens with zero attached hydrogens (tertiary/aromatic N) is 3. The molecule has 33 heavy (non-hydrogen) atoms. The number of hydrogen-bond acceptors (Lipinski definition) is 4. The highest BCUT2D eigenvalue weighted by molar-refractivity contribution is 6.02. The minimum absolute atomic E-state index is 0.217. The maximum Gasteiger partial charge on any atom is 0.274 e. The van der Waals surface area contributed by atoms with Crippen molar-refractivity contribution in [3.8, 4) is 0 Å². The molecule has 0 radical (unpaired) electrons. The second kappa shape index (κ2) is 8.97. The zero-order valence-electron chi connectivity index (χ0n) is 18.6. The number of fused-ring (bicyclic) bond motifs is 1. The number of benzene rings is 1. The normalized spacial score (nSPS) is 12.2. The number of aromatic nitrogens is 3. The first-order valence-corrected chi connectivity index (χ1v) is 10.7. The predicted octanol–water partition coefficient (Wildman–Crippen LogP) is 4.55. The summed E-state index contributed by atoms with van der Waals surface area (Å²) < 4.78 is 32.2. The summed E-state index contributed by atoms with van der Waals surface area (Å²) in [6, 6.07) is 11.5. The second-order valence-corrected chi connectivity index (χ2v) is 7.96. The molecule has 8 heteroatoms. The Kier molecular flexibility index (Phi) is 6.09. The molecule has 0 fully saturated rings. The second-order valence-electron chi connectivity index (χ2n) is 7.96. The fraction of sp³-hybridized carbons (Fsp3) is 0.240. The van der Waals surface area contributed by atoms with Gasteiger partial charge in [-0.05, 0) is 60.9 Å². The molecule has 3 heterocycles. The summed E-state index contributed by atoms with van der Waals surface area (Å²) in [4.78, 5) is 26.4. The summed E-state index contributed by atoms with van der Waals surface area (Å²) in [7, 11) is 1.58.